The van der Waals surface area contributed by atoms with Gasteiger partial charge in [0.25, 0.3) is 5.91 Å². The maximum Gasteiger partial charge on any atom is 0.251 e. The molecule has 8 nitrogen and oxygen atoms in total. The number of benzene rings is 2. The largest absolute Gasteiger partial charge is 0.366 e. The first-order chi connectivity index (χ1) is 19.5. The molecule has 0 aliphatic carbocycles. The van der Waals surface area contributed by atoms with Gasteiger partial charge >= 0.3 is 0 Å². The first kappa shape index (κ1) is 29.5. The van der Waals surface area contributed by atoms with E-state index in [9.17, 15) is 4.79 Å². The zero-order valence-electron chi connectivity index (χ0n) is 24.0. The number of nitrogens with two attached hydrogens (primary N) is 1. The molecule has 2 aromatic carbocycles. The number of aromatic amines is 1. The summed E-state index contributed by atoms with van der Waals surface area (Å²) in [6, 6.07) is 13.1. The molecule has 5 aromatic rings. The first-order valence-corrected chi connectivity index (χ1v) is 14.2. The van der Waals surface area contributed by atoms with E-state index in [1.54, 1.807) is 0 Å². The highest BCUT2D eigenvalue weighted by atomic mass is 16.1. The molecule has 3 N–H and O–H groups in total. The zero-order valence-corrected chi connectivity index (χ0v) is 24.0. The van der Waals surface area contributed by atoms with Crippen molar-refractivity contribution in [1.82, 2.24) is 24.7 Å². The SMILES string of the molecule is C.CC.CCc1cccc(CC)c1-n1nc2c(c1-c1ccc(C)c3[nH]ccc13)CN(c1ncc(C(N)=O)cn1)CC2. The van der Waals surface area contributed by atoms with Crippen LogP contribution in [0.4, 0.5) is 5.95 Å². The van der Waals surface area contributed by atoms with E-state index in [0.29, 0.717) is 18.1 Å². The molecule has 0 fully saturated rings. The maximum absolute atomic E-state index is 11.5. The number of carbonyl (C=O) groups is 1. The van der Waals surface area contributed by atoms with Crippen molar-refractivity contribution in [3.8, 4) is 16.9 Å². The molecular weight excluding hydrogens is 510 g/mol. The highest BCUT2D eigenvalue weighted by Crippen LogP contribution is 2.39. The predicted molar refractivity (Wildman–Crippen MR) is 168 cm³/mol. The number of para-hydroxylation sites is 1. The number of nitrogens with one attached hydrogen (secondary N) is 1. The minimum absolute atomic E-state index is 0. The van der Waals surface area contributed by atoms with Crippen molar-refractivity contribution in [2.75, 3.05) is 11.4 Å². The number of rotatable bonds is 6. The lowest BCUT2D eigenvalue weighted by atomic mass is 9.96. The lowest BCUT2D eigenvalue weighted by Crippen LogP contribution is -2.31. The Morgan fingerprint density at radius 1 is 1.02 bits per heavy atom. The molecule has 1 amide bonds. The second-order valence-corrected chi connectivity index (χ2v) is 9.82. The lowest BCUT2D eigenvalue weighted by molar-refractivity contribution is 0.0999. The van der Waals surface area contributed by atoms with Gasteiger partial charge in [0.05, 0.1) is 22.6 Å². The Morgan fingerprint density at radius 3 is 2.34 bits per heavy atom. The molecule has 0 saturated carbocycles. The van der Waals surface area contributed by atoms with E-state index in [-0.39, 0.29) is 7.43 Å². The highest BCUT2D eigenvalue weighted by Gasteiger charge is 2.29. The van der Waals surface area contributed by atoms with Crippen LogP contribution in [0.15, 0.2) is 55.0 Å². The summed E-state index contributed by atoms with van der Waals surface area (Å²) in [5.74, 6) is 0.0514. The molecule has 3 aromatic heterocycles. The summed E-state index contributed by atoms with van der Waals surface area (Å²) in [5, 5.41) is 6.45. The van der Waals surface area contributed by atoms with Crippen LogP contribution >= 0.6 is 0 Å². The number of aromatic nitrogens is 5. The van der Waals surface area contributed by atoms with Gasteiger partial charge in [-0.25, -0.2) is 14.6 Å². The number of hydrogen-bond donors (Lipinski definition) is 2. The zero-order chi connectivity index (χ0) is 28.4. The number of anilines is 1. The van der Waals surface area contributed by atoms with Crippen molar-refractivity contribution < 1.29 is 4.79 Å². The number of amides is 1. The number of hydrogen-bond acceptors (Lipinski definition) is 5. The van der Waals surface area contributed by atoms with Gasteiger partial charge in [0.15, 0.2) is 0 Å². The van der Waals surface area contributed by atoms with Crippen LogP contribution in [0.2, 0.25) is 0 Å². The molecule has 0 spiro atoms. The third kappa shape index (κ3) is 5.22. The number of primary amides is 1. The molecule has 0 unspecified atom stereocenters. The van der Waals surface area contributed by atoms with Gasteiger partial charge in [0, 0.05) is 60.1 Å². The van der Waals surface area contributed by atoms with E-state index in [4.69, 9.17) is 10.8 Å². The van der Waals surface area contributed by atoms with Gasteiger partial charge in [-0.2, -0.15) is 5.10 Å². The molecule has 1 aliphatic rings. The fraction of sp³-hybridized carbons (Fsp3) is 0.333. The van der Waals surface area contributed by atoms with E-state index in [0.717, 1.165) is 48.3 Å². The van der Waals surface area contributed by atoms with E-state index in [1.807, 2.05) is 20.0 Å². The van der Waals surface area contributed by atoms with Crippen molar-refractivity contribution in [2.24, 2.45) is 5.73 Å². The van der Waals surface area contributed by atoms with Gasteiger partial charge in [-0.3, -0.25) is 4.79 Å². The molecular formula is C33H41N7O. The third-order valence-electron chi connectivity index (χ3n) is 7.60. The third-order valence-corrected chi connectivity index (χ3v) is 7.60. The topological polar surface area (TPSA) is 106 Å². The Morgan fingerprint density at radius 2 is 1.71 bits per heavy atom. The van der Waals surface area contributed by atoms with Crippen LogP contribution < -0.4 is 10.6 Å². The second-order valence-electron chi connectivity index (χ2n) is 9.82. The lowest BCUT2D eigenvalue weighted by Gasteiger charge is -2.27. The van der Waals surface area contributed by atoms with Gasteiger partial charge < -0.3 is 15.6 Å². The van der Waals surface area contributed by atoms with Gasteiger partial charge in [-0.1, -0.05) is 65.5 Å². The quantitative estimate of drug-likeness (QED) is 0.248. The molecule has 0 bridgehead atoms. The average Bonchev–Trinajstić information content (AvgIpc) is 3.64. The first-order valence-electron chi connectivity index (χ1n) is 14.2. The van der Waals surface area contributed by atoms with Gasteiger partial charge in [0.1, 0.15) is 0 Å². The van der Waals surface area contributed by atoms with Gasteiger partial charge in [-0.05, 0) is 42.5 Å². The second kappa shape index (κ2) is 12.4. The molecule has 0 atom stereocenters. The number of fused-ring (bicyclic) bond motifs is 2. The number of aryl methyl sites for hydroxylation is 3. The number of H-pyrrole nitrogens is 1. The summed E-state index contributed by atoms with van der Waals surface area (Å²) in [7, 11) is 0. The normalized spacial score (nSPS) is 12.4. The van der Waals surface area contributed by atoms with Crippen LogP contribution in [-0.2, 0) is 25.8 Å². The van der Waals surface area contributed by atoms with Crippen LogP contribution in [0.25, 0.3) is 27.8 Å². The van der Waals surface area contributed by atoms with Crippen molar-refractivity contribution in [3.05, 3.63) is 88.5 Å². The summed E-state index contributed by atoms with van der Waals surface area (Å²) in [4.78, 5) is 26.0. The molecule has 4 heterocycles. The smallest absolute Gasteiger partial charge is 0.251 e. The molecule has 1 aliphatic heterocycles. The molecule has 41 heavy (non-hydrogen) atoms. The monoisotopic (exact) mass is 551 g/mol. The van der Waals surface area contributed by atoms with Crippen LogP contribution in [0.1, 0.15) is 73.4 Å². The van der Waals surface area contributed by atoms with Crippen LogP contribution in [0, 0.1) is 6.92 Å². The number of carbonyl (C=O) groups excluding carboxylic acids is 1. The van der Waals surface area contributed by atoms with E-state index < -0.39 is 5.91 Å². The molecule has 0 radical (unpaired) electrons. The summed E-state index contributed by atoms with van der Waals surface area (Å²) >= 11 is 0. The van der Waals surface area contributed by atoms with Crippen molar-refractivity contribution in [2.45, 2.75) is 67.9 Å². The standard InChI is InChI=1S/C30H31N7O.C2H6.CH4/c1-4-19-7-6-8-20(5-2)27(19)37-28(23-10-9-18(3)26-22(23)11-13-32-26)24-17-36(14-12-25(24)35-37)30-33-15-21(16-34-30)29(31)38;1-2;/h6-11,13,15-16,32H,4-5,12,14,17H2,1-3H3,(H2,31,38);1-2H3;1H4. The van der Waals surface area contributed by atoms with Crippen LogP contribution in [0.3, 0.4) is 0 Å². The minimum Gasteiger partial charge on any atom is -0.366 e. The van der Waals surface area contributed by atoms with Crippen molar-refractivity contribution >= 4 is 22.8 Å². The Labute approximate surface area is 242 Å². The van der Waals surface area contributed by atoms with Gasteiger partial charge in [0.2, 0.25) is 5.95 Å². The summed E-state index contributed by atoms with van der Waals surface area (Å²) in [5.41, 5.74) is 16.3. The van der Waals surface area contributed by atoms with Crippen molar-refractivity contribution in [3.63, 3.8) is 0 Å². The fourth-order valence-electron chi connectivity index (χ4n) is 5.59. The number of nitrogens with zero attached hydrogens (tertiary/aromatic N) is 5. The molecule has 214 valence electrons. The predicted octanol–water partition coefficient (Wildman–Crippen LogP) is 6.57. The van der Waals surface area contributed by atoms with E-state index in [1.165, 1.54) is 45.7 Å². The van der Waals surface area contributed by atoms with Crippen molar-refractivity contribution in [1.29, 1.82) is 0 Å². The summed E-state index contributed by atoms with van der Waals surface area (Å²) in [6.07, 6.45) is 7.62. The maximum atomic E-state index is 11.5. The summed E-state index contributed by atoms with van der Waals surface area (Å²) in [6.45, 7) is 11.9. The Balaban J connectivity index is 0.00000126. The highest BCUT2D eigenvalue weighted by molar-refractivity contribution is 5.97. The van der Waals surface area contributed by atoms with E-state index >= 15 is 0 Å². The van der Waals surface area contributed by atoms with E-state index in [2.05, 4.69) is 81.7 Å². The Bertz CT molecular complexity index is 1640. The average molecular weight is 552 g/mol. The Kier molecular flexibility index (Phi) is 8.91. The molecule has 8 heteroatoms. The van der Waals surface area contributed by atoms with Crippen LogP contribution in [-0.4, -0.2) is 37.2 Å². The summed E-state index contributed by atoms with van der Waals surface area (Å²) < 4.78 is 2.19. The molecule has 6 rings (SSSR count). The molecule has 0 saturated heterocycles. The minimum atomic E-state index is -0.530. The van der Waals surface area contributed by atoms with Crippen LogP contribution in [0.5, 0.6) is 0 Å². The Hall–Kier alpha value is -4.46. The van der Waals surface area contributed by atoms with Gasteiger partial charge in [-0.15, -0.1) is 0 Å². The fourth-order valence-corrected chi connectivity index (χ4v) is 5.59.